The molecule has 0 saturated carbocycles. The molecule has 1 aliphatic heterocycles. The van der Waals surface area contributed by atoms with Crippen LogP contribution in [0.1, 0.15) is 32.3 Å². The van der Waals surface area contributed by atoms with E-state index in [1.807, 2.05) is 0 Å². The lowest BCUT2D eigenvalue weighted by Crippen LogP contribution is -2.43. The fourth-order valence-corrected chi connectivity index (χ4v) is 3.22. The highest BCUT2D eigenvalue weighted by atomic mass is 15.2. The molecule has 2 rings (SSSR count). The van der Waals surface area contributed by atoms with Crippen LogP contribution in [0.25, 0.3) is 0 Å². The molecule has 100 valence electrons. The van der Waals surface area contributed by atoms with E-state index < -0.39 is 0 Å². The monoisotopic (exact) mass is 246 g/mol. The predicted octanol–water partition coefficient (Wildman–Crippen LogP) is 2.68. The van der Waals surface area contributed by atoms with Crippen LogP contribution < -0.4 is 5.73 Å². The average Bonchev–Trinajstić information content (AvgIpc) is 2.64. The van der Waals surface area contributed by atoms with E-state index in [2.05, 4.69) is 49.1 Å². The maximum Gasteiger partial charge on any atom is 0.0182 e. The largest absolute Gasteiger partial charge is 0.330 e. The zero-order valence-electron chi connectivity index (χ0n) is 11.7. The summed E-state index contributed by atoms with van der Waals surface area (Å²) >= 11 is 0. The fraction of sp³-hybridized carbons (Fsp3) is 0.625. The summed E-state index contributed by atoms with van der Waals surface area (Å²) in [6, 6.07) is 10.8. The van der Waals surface area contributed by atoms with E-state index in [-0.39, 0.29) is 0 Å². The Morgan fingerprint density at radius 2 is 2.00 bits per heavy atom. The lowest BCUT2D eigenvalue weighted by molar-refractivity contribution is 0.137. The van der Waals surface area contributed by atoms with E-state index in [1.54, 1.807) is 0 Å². The van der Waals surface area contributed by atoms with Gasteiger partial charge < -0.3 is 5.73 Å². The lowest BCUT2D eigenvalue weighted by Gasteiger charge is -2.36. The van der Waals surface area contributed by atoms with Crippen LogP contribution in [0.3, 0.4) is 0 Å². The zero-order valence-corrected chi connectivity index (χ0v) is 11.7. The molecular formula is C16H26N2. The van der Waals surface area contributed by atoms with Crippen molar-refractivity contribution in [3.05, 3.63) is 35.9 Å². The third-order valence-corrected chi connectivity index (χ3v) is 4.59. The van der Waals surface area contributed by atoms with Gasteiger partial charge in [-0.1, -0.05) is 30.3 Å². The lowest BCUT2D eigenvalue weighted by atomic mass is 9.86. The van der Waals surface area contributed by atoms with E-state index in [0.29, 0.717) is 5.54 Å². The Hall–Kier alpha value is -0.860. The smallest absolute Gasteiger partial charge is 0.0182 e. The van der Waals surface area contributed by atoms with Crippen molar-refractivity contribution in [2.75, 3.05) is 19.6 Å². The fourth-order valence-electron chi connectivity index (χ4n) is 3.22. The van der Waals surface area contributed by atoms with Crippen molar-refractivity contribution in [1.29, 1.82) is 0 Å². The first kappa shape index (κ1) is 13.6. The molecule has 18 heavy (non-hydrogen) atoms. The van der Waals surface area contributed by atoms with Gasteiger partial charge in [-0.2, -0.15) is 0 Å². The molecule has 2 nitrogen and oxygen atoms in total. The Kier molecular flexibility index (Phi) is 4.41. The van der Waals surface area contributed by atoms with Crippen LogP contribution in [0, 0.1) is 5.92 Å². The normalized spacial score (nSPS) is 23.4. The summed E-state index contributed by atoms with van der Waals surface area (Å²) in [5.41, 5.74) is 7.48. The summed E-state index contributed by atoms with van der Waals surface area (Å²) in [7, 11) is 0. The first-order valence-electron chi connectivity index (χ1n) is 7.13. The number of hydrogen-bond donors (Lipinski definition) is 1. The van der Waals surface area contributed by atoms with Gasteiger partial charge >= 0.3 is 0 Å². The molecule has 0 radical (unpaired) electrons. The number of likely N-dealkylation sites (tertiary alicyclic amines) is 1. The topological polar surface area (TPSA) is 29.3 Å². The summed E-state index contributed by atoms with van der Waals surface area (Å²) in [5.74, 6) is 0.762. The van der Waals surface area contributed by atoms with Crippen LogP contribution in [-0.4, -0.2) is 30.1 Å². The minimum atomic E-state index is 0.314. The highest BCUT2D eigenvalue weighted by Crippen LogP contribution is 2.36. The summed E-state index contributed by atoms with van der Waals surface area (Å²) in [6.07, 6.45) is 3.62. The third kappa shape index (κ3) is 2.93. The van der Waals surface area contributed by atoms with Crippen molar-refractivity contribution in [3.8, 4) is 0 Å². The maximum absolute atomic E-state index is 5.72. The zero-order chi connectivity index (χ0) is 13.0. The van der Waals surface area contributed by atoms with Gasteiger partial charge in [0, 0.05) is 12.1 Å². The van der Waals surface area contributed by atoms with Crippen molar-refractivity contribution in [1.82, 2.24) is 4.90 Å². The highest BCUT2D eigenvalue weighted by molar-refractivity contribution is 5.15. The van der Waals surface area contributed by atoms with E-state index in [1.165, 1.54) is 18.5 Å². The van der Waals surface area contributed by atoms with Crippen molar-refractivity contribution < 1.29 is 0 Å². The molecule has 2 N–H and O–H groups in total. The molecule has 1 aromatic rings. The SMILES string of the molecule is CC1(C)C(CCN)CCN1CCc1ccccc1. The molecule has 1 atom stereocenters. The second kappa shape index (κ2) is 5.85. The quantitative estimate of drug-likeness (QED) is 0.865. The van der Waals surface area contributed by atoms with Crippen LogP contribution in [0.15, 0.2) is 30.3 Å². The Balaban J connectivity index is 1.91. The Labute approximate surface area is 111 Å². The van der Waals surface area contributed by atoms with Gasteiger partial charge in [-0.3, -0.25) is 4.90 Å². The molecule has 1 aromatic carbocycles. The van der Waals surface area contributed by atoms with E-state index >= 15 is 0 Å². The van der Waals surface area contributed by atoms with Crippen molar-refractivity contribution in [2.24, 2.45) is 11.7 Å². The summed E-state index contributed by atoms with van der Waals surface area (Å²) < 4.78 is 0. The Morgan fingerprint density at radius 3 is 2.67 bits per heavy atom. The number of hydrogen-bond acceptors (Lipinski definition) is 2. The van der Waals surface area contributed by atoms with Crippen LogP contribution in [0.5, 0.6) is 0 Å². The molecule has 1 heterocycles. The second-order valence-corrected chi connectivity index (χ2v) is 5.94. The van der Waals surface area contributed by atoms with Gasteiger partial charge in [0.1, 0.15) is 0 Å². The standard InChI is InChI=1S/C16H26N2/c1-16(2)15(8-11-17)10-13-18(16)12-9-14-6-4-3-5-7-14/h3-7,15H,8-13,17H2,1-2H3. The number of nitrogens with zero attached hydrogens (tertiary/aromatic N) is 1. The van der Waals surface area contributed by atoms with Gasteiger partial charge in [-0.25, -0.2) is 0 Å². The van der Waals surface area contributed by atoms with Gasteiger partial charge in [0.05, 0.1) is 0 Å². The van der Waals surface area contributed by atoms with Crippen LogP contribution in [0.2, 0.25) is 0 Å². The first-order valence-corrected chi connectivity index (χ1v) is 7.13. The van der Waals surface area contributed by atoms with E-state index in [4.69, 9.17) is 5.73 Å². The van der Waals surface area contributed by atoms with Crippen molar-refractivity contribution in [3.63, 3.8) is 0 Å². The maximum atomic E-state index is 5.72. The number of nitrogens with two attached hydrogens (primary N) is 1. The molecule has 1 unspecified atom stereocenters. The van der Waals surface area contributed by atoms with Crippen LogP contribution in [0.4, 0.5) is 0 Å². The van der Waals surface area contributed by atoms with Gasteiger partial charge in [0.15, 0.2) is 0 Å². The van der Waals surface area contributed by atoms with Gasteiger partial charge in [0.2, 0.25) is 0 Å². The average molecular weight is 246 g/mol. The molecular weight excluding hydrogens is 220 g/mol. The Bertz CT molecular complexity index is 359. The molecule has 1 aliphatic rings. The second-order valence-electron chi connectivity index (χ2n) is 5.94. The number of benzene rings is 1. The number of rotatable bonds is 5. The van der Waals surface area contributed by atoms with Crippen molar-refractivity contribution in [2.45, 2.75) is 38.6 Å². The predicted molar refractivity (Wildman–Crippen MR) is 77.6 cm³/mol. The molecule has 0 bridgehead atoms. The van der Waals surface area contributed by atoms with Gasteiger partial charge in [-0.15, -0.1) is 0 Å². The van der Waals surface area contributed by atoms with Gasteiger partial charge in [-0.05, 0) is 57.7 Å². The van der Waals surface area contributed by atoms with E-state index in [0.717, 1.165) is 31.8 Å². The molecule has 0 aromatic heterocycles. The molecule has 2 heteroatoms. The van der Waals surface area contributed by atoms with Crippen molar-refractivity contribution >= 4 is 0 Å². The molecule has 0 spiro atoms. The highest BCUT2D eigenvalue weighted by Gasteiger charge is 2.39. The molecule has 1 saturated heterocycles. The minimum Gasteiger partial charge on any atom is -0.330 e. The molecule has 0 aliphatic carbocycles. The van der Waals surface area contributed by atoms with Crippen LogP contribution >= 0.6 is 0 Å². The molecule has 0 amide bonds. The Morgan fingerprint density at radius 1 is 1.28 bits per heavy atom. The van der Waals surface area contributed by atoms with Crippen LogP contribution in [-0.2, 0) is 6.42 Å². The summed E-state index contributed by atoms with van der Waals surface area (Å²) in [6.45, 7) is 7.97. The summed E-state index contributed by atoms with van der Waals surface area (Å²) in [4.78, 5) is 2.64. The third-order valence-electron chi connectivity index (χ3n) is 4.59. The minimum absolute atomic E-state index is 0.314. The molecule has 1 fully saturated rings. The van der Waals surface area contributed by atoms with Gasteiger partial charge in [0.25, 0.3) is 0 Å². The first-order chi connectivity index (χ1) is 8.64. The summed E-state index contributed by atoms with van der Waals surface area (Å²) in [5, 5.41) is 0. The van der Waals surface area contributed by atoms with E-state index in [9.17, 15) is 0 Å².